The molecule has 0 N–H and O–H groups in total. The van der Waals surface area contributed by atoms with Gasteiger partial charge in [0.05, 0.1) is 0 Å². The van der Waals surface area contributed by atoms with E-state index >= 15 is 0 Å². The van der Waals surface area contributed by atoms with Crippen LogP contribution in [-0.4, -0.2) is 17.9 Å². The van der Waals surface area contributed by atoms with Gasteiger partial charge in [-0.25, -0.2) is 0 Å². The fourth-order valence-electron chi connectivity index (χ4n) is 1.07. The third-order valence-corrected chi connectivity index (χ3v) is 1.82. The topological polar surface area (TPSA) is 43.4 Å². The molecule has 0 bridgehead atoms. The Labute approximate surface area is 79.5 Å². The summed E-state index contributed by atoms with van der Waals surface area (Å²) in [5, 5.41) is 0. The molecule has 3 heteroatoms. The van der Waals surface area contributed by atoms with Crippen molar-refractivity contribution in [3.63, 3.8) is 0 Å². The molecule has 0 rings (SSSR count). The Morgan fingerprint density at radius 2 is 1.92 bits per heavy atom. The molecule has 0 aliphatic heterocycles. The minimum absolute atomic E-state index is 0.0173. The van der Waals surface area contributed by atoms with Crippen LogP contribution in [0, 0.1) is 0 Å². The van der Waals surface area contributed by atoms with Gasteiger partial charge in [0.25, 0.3) is 0 Å². The Morgan fingerprint density at radius 1 is 1.31 bits per heavy atom. The van der Waals surface area contributed by atoms with Gasteiger partial charge in [-0.15, -0.1) is 0 Å². The first-order valence-corrected chi connectivity index (χ1v) is 4.77. The minimum atomic E-state index is -0.575. The van der Waals surface area contributed by atoms with E-state index in [4.69, 9.17) is 4.74 Å². The average Bonchev–Trinajstić information content (AvgIpc) is 2.03. The predicted molar refractivity (Wildman–Crippen MR) is 50.4 cm³/mol. The number of hydrogen-bond acceptors (Lipinski definition) is 3. The van der Waals surface area contributed by atoms with E-state index in [0.717, 1.165) is 19.3 Å². The molecule has 0 saturated carbocycles. The monoisotopic (exact) mass is 186 g/mol. The summed E-state index contributed by atoms with van der Waals surface area (Å²) in [6.45, 7) is 5.02. The second-order valence-corrected chi connectivity index (χ2v) is 3.18. The molecule has 0 unspecified atom stereocenters. The largest absolute Gasteiger partial charge is 0.455 e. The molecule has 0 amide bonds. The van der Waals surface area contributed by atoms with E-state index in [1.807, 2.05) is 0 Å². The molecular weight excluding hydrogens is 168 g/mol. The SMILES string of the molecule is CCCCCC(=O)[C@H](C)OC(C)=O. The van der Waals surface area contributed by atoms with Gasteiger partial charge in [-0.05, 0) is 13.3 Å². The Kier molecular flexibility index (Phi) is 6.20. The lowest BCUT2D eigenvalue weighted by atomic mass is 10.1. The molecule has 0 radical (unpaired) electrons. The molecule has 0 aromatic heterocycles. The third kappa shape index (κ3) is 6.31. The van der Waals surface area contributed by atoms with E-state index in [1.54, 1.807) is 6.92 Å². The van der Waals surface area contributed by atoms with Gasteiger partial charge in [-0.1, -0.05) is 19.8 Å². The second-order valence-electron chi connectivity index (χ2n) is 3.18. The molecule has 0 heterocycles. The molecule has 0 aliphatic rings. The number of Topliss-reactive ketones (excluding diaryl/α,β-unsaturated/α-hetero) is 1. The highest BCUT2D eigenvalue weighted by Crippen LogP contribution is 2.04. The van der Waals surface area contributed by atoms with Gasteiger partial charge in [0.15, 0.2) is 11.9 Å². The van der Waals surface area contributed by atoms with Gasteiger partial charge in [0.2, 0.25) is 0 Å². The molecule has 3 nitrogen and oxygen atoms in total. The summed E-state index contributed by atoms with van der Waals surface area (Å²) in [5.41, 5.74) is 0. The zero-order valence-corrected chi connectivity index (χ0v) is 8.63. The van der Waals surface area contributed by atoms with Crippen LogP contribution in [0.15, 0.2) is 0 Å². The Balaban J connectivity index is 3.63. The van der Waals surface area contributed by atoms with E-state index in [1.165, 1.54) is 6.92 Å². The summed E-state index contributed by atoms with van der Waals surface area (Å²) in [5.74, 6) is -0.375. The number of carbonyl (C=O) groups excluding carboxylic acids is 2. The zero-order valence-electron chi connectivity index (χ0n) is 8.63. The summed E-state index contributed by atoms with van der Waals surface area (Å²) >= 11 is 0. The van der Waals surface area contributed by atoms with E-state index in [9.17, 15) is 9.59 Å². The number of esters is 1. The van der Waals surface area contributed by atoms with E-state index in [2.05, 4.69) is 6.92 Å². The molecule has 0 spiro atoms. The van der Waals surface area contributed by atoms with Crippen LogP contribution in [-0.2, 0) is 14.3 Å². The number of ketones is 1. The van der Waals surface area contributed by atoms with Crippen LogP contribution in [0.4, 0.5) is 0 Å². The van der Waals surface area contributed by atoms with Gasteiger partial charge in [-0.3, -0.25) is 9.59 Å². The Hall–Kier alpha value is -0.860. The van der Waals surface area contributed by atoms with Crippen LogP contribution in [0.5, 0.6) is 0 Å². The first-order valence-electron chi connectivity index (χ1n) is 4.77. The van der Waals surface area contributed by atoms with Crippen molar-refractivity contribution in [2.45, 2.75) is 52.6 Å². The van der Waals surface area contributed by atoms with Crippen molar-refractivity contribution < 1.29 is 14.3 Å². The molecule has 1 atom stereocenters. The molecule has 0 aromatic rings. The lowest BCUT2D eigenvalue weighted by Gasteiger charge is -2.09. The first kappa shape index (κ1) is 12.1. The van der Waals surface area contributed by atoms with E-state index in [-0.39, 0.29) is 5.78 Å². The van der Waals surface area contributed by atoms with Crippen LogP contribution in [0.1, 0.15) is 46.5 Å². The Bertz CT molecular complexity index is 175. The summed E-state index contributed by atoms with van der Waals surface area (Å²) in [6.07, 6.45) is 2.98. The fraction of sp³-hybridized carbons (Fsp3) is 0.800. The maximum Gasteiger partial charge on any atom is 0.303 e. The number of ether oxygens (including phenoxy) is 1. The molecule has 76 valence electrons. The molecule has 0 saturated heterocycles. The molecule has 0 aromatic carbocycles. The Morgan fingerprint density at radius 3 is 2.38 bits per heavy atom. The predicted octanol–water partition coefficient (Wildman–Crippen LogP) is 2.09. The number of hydrogen-bond donors (Lipinski definition) is 0. The van der Waals surface area contributed by atoms with Crippen molar-refractivity contribution in [2.24, 2.45) is 0 Å². The number of carbonyl (C=O) groups is 2. The van der Waals surface area contributed by atoms with Crippen molar-refractivity contribution in [1.82, 2.24) is 0 Å². The molecule has 0 fully saturated rings. The van der Waals surface area contributed by atoms with Crippen LogP contribution >= 0.6 is 0 Å². The second kappa shape index (κ2) is 6.63. The lowest BCUT2D eigenvalue weighted by Crippen LogP contribution is -2.22. The third-order valence-electron chi connectivity index (χ3n) is 1.82. The summed E-state index contributed by atoms with van der Waals surface area (Å²) in [6, 6.07) is 0. The van der Waals surface area contributed by atoms with Gasteiger partial charge in [0, 0.05) is 13.3 Å². The van der Waals surface area contributed by atoms with Gasteiger partial charge in [0.1, 0.15) is 0 Å². The summed E-state index contributed by atoms with van der Waals surface area (Å²) in [7, 11) is 0. The van der Waals surface area contributed by atoms with Crippen molar-refractivity contribution in [1.29, 1.82) is 0 Å². The maximum absolute atomic E-state index is 11.3. The quantitative estimate of drug-likeness (QED) is 0.471. The smallest absolute Gasteiger partial charge is 0.303 e. The highest BCUT2D eigenvalue weighted by molar-refractivity contribution is 5.84. The summed E-state index contributed by atoms with van der Waals surface area (Å²) < 4.78 is 4.75. The van der Waals surface area contributed by atoms with Crippen molar-refractivity contribution >= 4 is 11.8 Å². The normalized spacial score (nSPS) is 12.2. The summed E-state index contributed by atoms with van der Waals surface area (Å²) in [4.78, 5) is 21.8. The highest BCUT2D eigenvalue weighted by Gasteiger charge is 2.14. The van der Waals surface area contributed by atoms with Crippen LogP contribution < -0.4 is 0 Å². The first-order chi connectivity index (χ1) is 6.07. The van der Waals surface area contributed by atoms with Crippen molar-refractivity contribution in [3.05, 3.63) is 0 Å². The molecule has 0 aliphatic carbocycles. The fourth-order valence-corrected chi connectivity index (χ4v) is 1.07. The van der Waals surface area contributed by atoms with Crippen molar-refractivity contribution in [3.8, 4) is 0 Å². The van der Waals surface area contributed by atoms with Gasteiger partial charge in [-0.2, -0.15) is 0 Å². The van der Waals surface area contributed by atoms with E-state index < -0.39 is 12.1 Å². The minimum Gasteiger partial charge on any atom is -0.455 e. The number of unbranched alkanes of at least 4 members (excludes halogenated alkanes) is 2. The van der Waals surface area contributed by atoms with Gasteiger partial charge < -0.3 is 4.74 Å². The molecule has 13 heavy (non-hydrogen) atoms. The van der Waals surface area contributed by atoms with Crippen molar-refractivity contribution in [2.75, 3.05) is 0 Å². The van der Waals surface area contributed by atoms with Crippen LogP contribution in [0.3, 0.4) is 0 Å². The lowest BCUT2D eigenvalue weighted by molar-refractivity contribution is -0.151. The maximum atomic E-state index is 11.3. The van der Waals surface area contributed by atoms with E-state index in [0.29, 0.717) is 6.42 Å². The average molecular weight is 186 g/mol. The molecular formula is C10H18O3. The van der Waals surface area contributed by atoms with Gasteiger partial charge >= 0.3 is 5.97 Å². The van der Waals surface area contributed by atoms with Crippen LogP contribution in [0.25, 0.3) is 0 Å². The highest BCUT2D eigenvalue weighted by atomic mass is 16.5. The standard InChI is InChI=1S/C10H18O3/c1-4-5-6-7-10(12)8(2)13-9(3)11/h8H,4-7H2,1-3H3/t8-/m0/s1. The van der Waals surface area contributed by atoms with Crippen LogP contribution in [0.2, 0.25) is 0 Å². The zero-order chi connectivity index (χ0) is 10.3. The number of rotatable bonds is 6.